The second-order valence-corrected chi connectivity index (χ2v) is 5.10. The number of methoxy groups -OCH3 is 1. The molecular formula is C18H17N3O3. The van der Waals surface area contributed by atoms with Crippen molar-refractivity contribution in [2.24, 2.45) is 0 Å². The highest BCUT2D eigenvalue weighted by atomic mass is 16.5. The molecule has 0 bridgehead atoms. The first kappa shape index (κ1) is 15.7. The van der Waals surface area contributed by atoms with Gasteiger partial charge in [-0.1, -0.05) is 24.3 Å². The number of ether oxygens (including phenoxy) is 1. The van der Waals surface area contributed by atoms with Gasteiger partial charge in [-0.2, -0.15) is 0 Å². The summed E-state index contributed by atoms with van der Waals surface area (Å²) in [6.07, 6.45) is 0.468. The van der Waals surface area contributed by atoms with Crippen LogP contribution in [0.1, 0.15) is 16.2 Å². The lowest BCUT2D eigenvalue weighted by Gasteiger charge is -2.05. The Labute approximate surface area is 139 Å². The molecule has 0 atom stereocenters. The smallest absolute Gasteiger partial charge is 0.251 e. The van der Waals surface area contributed by atoms with Crippen molar-refractivity contribution in [1.82, 2.24) is 15.5 Å². The van der Waals surface area contributed by atoms with E-state index in [1.54, 1.807) is 31.4 Å². The third-order valence-corrected chi connectivity index (χ3v) is 3.44. The summed E-state index contributed by atoms with van der Waals surface area (Å²) in [7, 11) is 1.57. The fourth-order valence-corrected chi connectivity index (χ4v) is 2.20. The predicted octanol–water partition coefficient (Wildman–Crippen LogP) is 2.72. The number of rotatable bonds is 6. The lowest BCUT2D eigenvalue weighted by molar-refractivity contribution is 0.0953. The standard InChI is InChI=1S/C18H17N3O3/c1-23-15-9-5-8-14(12-15)17(22)19-11-10-16-20-21-18(24-16)13-6-3-2-4-7-13/h2-9,12H,10-11H2,1H3,(H,19,22). The lowest BCUT2D eigenvalue weighted by atomic mass is 10.2. The lowest BCUT2D eigenvalue weighted by Crippen LogP contribution is -2.25. The van der Waals surface area contributed by atoms with Crippen molar-refractivity contribution >= 4 is 5.91 Å². The summed E-state index contributed by atoms with van der Waals surface area (Å²) in [5.74, 6) is 1.44. The van der Waals surface area contributed by atoms with E-state index in [0.717, 1.165) is 5.56 Å². The molecule has 1 N–H and O–H groups in total. The van der Waals surface area contributed by atoms with Gasteiger partial charge in [0.05, 0.1) is 7.11 Å². The molecule has 0 aliphatic carbocycles. The van der Waals surface area contributed by atoms with Gasteiger partial charge in [-0.25, -0.2) is 0 Å². The van der Waals surface area contributed by atoms with E-state index in [9.17, 15) is 4.79 Å². The van der Waals surface area contributed by atoms with Crippen LogP contribution in [0, 0.1) is 0 Å². The van der Waals surface area contributed by atoms with Crippen molar-refractivity contribution in [1.29, 1.82) is 0 Å². The van der Waals surface area contributed by atoms with Crippen molar-refractivity contribution in [2.75, 3.05) is 13.7 Å². The minimum Gasteiger partial charge on any atom is -0.497 e. The molecule has 0 saturated carbocycles. The van der Waals surface area contributed by atoms with Crippen LogP contribution in [-0.2, 0) is 6.42 Å². The van der Waals surface area contributed by atoms with Crippen LogP contribution in [-0.4, -0.2) is 29.8 Å². The van der Waals surface area contributed by atoms with Crippen LogP contribution >= 0.6 is 0 Å². The summed E-state index contributed by atoms with van der Waals surface area (Å²) < 4.78 is 10.7. The highest BCUT2D eigenvalue weighted by Gasteiger charge is 2.10. The minimum atomic E-state index is -0.170. The number of carbonyl (C=O) groups is 1. The number of benzene rings is 2. The zero-order chi connectivity index (χ0) is 16.8. The fourth-order valence-electron chi connectivity index (χ4n) is 2.20. The summed E-state index contributed by atoms with van der Waals surface area (Å²) in [5, 5.41) is 10.8. The average Bonchev–Trinajstić information content (AvgIpc) is 3.11. The molecule has 0 fully saturated rings. The van der Waals surface area contributed by atoms with Crippen molar-refractivity contribution in [2.45, 2.75) is 6.42 Å². The molecule has 2 aromatic carbocycles. The molecular weight excluding hydrogens is 306 g/mol. The van der Waals surface area contributed by atoms with E-state index in [0.29, 0.717) is 36.1 Å². The van der Waals surface area contributed by atoms with Crippen LogP contribution in [0.5, 0.6) is 5.75 Å². The molecule has 6 nitrogen and oxygen atoms in total. The number of nitrogens with one attached hydrogen (secondary N) is 1. The third-order valence-electron chi connectivity index (χ3n) is 3.44. The van der Waals surface area contributed by atoms with Crippen LogP contribution < -0.4 is 10.1 Å². The second-order valence-electron chi connectivity index (χ2n) is 5.10. The monoisotopic (exact) mass is 323 g/mol. The van der Waals surface area contributed by atoms with Gasteiger partial charge in [0.15, 0.2) is 0 Å². The van der Waals surface area contributed by atoms with E-state index >= 15 is 0 Å². The normalized spacial score (nSPS) is 10.4. The Morgan fingerprint density at radius 3 is 2.75 bits per heavy atom. The Morgan fingerprint density at radius 1 is 1.12 bits per heavy atom. The van der Waals surface area contributed by atoms with Gasteiger partial charge < -0.3 is 14.5 Å². The van der Waals surface area contributed by atoms with Gasteiger partial charge in [0, 0.05) is 24.1 Å². The Morgan fingerprint density at radius 2 is 1.96 bits per heavy atom. The average molecular weight is 323 g/mol. The molecule has 0 spiro atoms. The largest absolute Gasteiger partial charge is 0.497 e. The third kappa shape index (κ3) is 3.78. The molecule has 1 heterocycles. The number of carbonyl (C=O) groups excluding carboxylic acids is 1. The van der Waals surface area contributed by atoms with E-state index in [2.05, 4.69) is 15.5 Å². The van der Waals surface area contributed by atoms with Crippen LogP contribution in [0.3, 0.4) is 0 Å². The summed E-state index contributed by atoms with van der Waals surface area (Å²) in [6, 6.07) is 16.5. The van der Waals surface area contributed by atoms with Crippen molar-refractivity contribution in [3.8, 4) is 17.2 Å². The van der Waals surface area contributed by atoms with Gasteiger partial charge in [-0.3, -0.25) is 4.79 Å². The molecule has 3 aromatic rings. The summed E-state index contributed by atoms with van der Waals surface area (Å²) in [4.78, 5) is 12.1. The summed E-state index contributed by atoms with van der Waals surface area (Å²) in [6.45, 7) is 0.409. The minimum absolute atomic E-state index is 0.170. The molecule has 0 saturated heterocycles. The molecule has 1 aromatic heterocycles. The van der Waals surface area contributed by atoms with Gasteiger partial charge >= 0.3 is 0 Å². The maximum Gasteiger partial charge on any atom is 0.251 e. The second kappa shape index (κ2) is 7.41. The summed E-state index contributed by atoms with van der Waals surface area (Å²) >= 11 is 0. The van der Waals surface area contributed by atoms with Gasteiger partial charge in [0.2, 0.25) is 11.8 Å². The molecule has 0 aliphatic rings. The van der Waals surface area contributed by atoms with Crippen molar-refractivity contribution in [3.05, 3.63) is 66.1 Å². The van der Waals surface area contributed by atoms with Crippen molar-refractivity contribution in [3.63, 3.8) is 0 Å². The topological polar surface area (TPSA) is 77.2 Å². The Bertz CT molecular complexity index is 815. The quantitative estimate of drug-likeness (QED) is 0.755. The Hall–Kier alpha value is -3.15. The number of hydrogen-bond acceptors (Lipinski definition) is 5. The van der Waals surface area contributed by atoms with Crippen molar-refractivity contribution < 1.29 is 13.9 Å². The SMILES string of the molecule is COc1cccc(C(=O)NCCc2nnc(-c3ccccc3)o2)c1. The van der Waals surface area contributed by atoms with E-state index in [4.69, 9.17) is 9.15 Å². The zero-order valence-electron chi connectivity index (χ0n) is 13.2. The molecule has 3 rings (SSSR count). The molecule has 0 radical (unpaired) electrons. The molecule has 122 valence electrons. The van der Waals surface area contributed by atoms with E-state index in [-0.39, 0.29) is 5.91 Å². The van der Waals surface area contributed by atoms with E-state index in [1.165, 1.54) is 0 Å². The number of hydrogen-bond donors (Lipinski definition) is 1. The van der Waals surface area contributed by atoms with Gasteiger partial charge in [0.1, 0.15) is 5.75 Å². The molecule has 6 heteroatoms. The van der Waals surface area contributed by atoms with Gasteiger partial charge in [-0.15, -0.1) is 10.2 Å². The number of amides is 1. The highest BCUT2D eigenvalue weighted by molar-refractivity contribution is 5.94. The highest BCUT2D eigenvalue weighted by Crippen LogP contribution is 2.17. The first-order valence-corrected chi connectivity index (χ1v) is 7.56. The molecule has 0 unspecified atom stereocenters. The molecule has 1 amide bonds. The Balaban J connectivity index is 1.55. The fraction of sp³-hybridized carbons (Fsp3) is 0.167. The number of aromatic nitrogens is 2. The molecule has 24 heavy (non-hydrogen) atoms. The maximum atomic E-state index is 12.1. The maximum absolute atomic E-state index is 12.1. The first-order valence-electron chi connectivity index (χ1n) is 7.56. The number of nitrogens with zero attached hydrogens (tertiary/aromatic N) is 2. The van der Waals surface area contributed by atoms with Gasteiger partial charge in [-0.05, 0) is 30.3 Å². The van der Waals surface area contributed by atoms with E-state index < -0.39 is 0 Å². The Kier molecular flexibility index (Phi) is 4.86. The van der Waals surface area contributed by atoms with Crippen LogP contribution in [0.25, 0.3) is 11.5 Å². The van der Waals surface area contributed by atoms with Crippen LogP contribution in [0.15, 0.2) is 59.0 Å². The zero-order valence-corrected chi connectivity index (χ0v) is 13.2. The van der Waals surface area contributed by atoms with E-state index in [1.807, 2.05) is 30.3 Å². The molecule has 0 aliphatic heterocycles. The van der Waals surface area contributed by atoms with Crippen LogP contribution in [0.4, 0.5) is 0 Å². The first-order chi connectivity index (χ1) is 11.8. The summed E-state index contributed by atoms with van der Waals surface area (Å²) in [5.41, 5.74) is 1.42. The van der Waals surface area contributed by atoms with Crippen LogP contribution in [0.2, 0.25) is 0 Å². The van der Waals surface area contributed by atoms with Gasteiger partial charge in [0.25, 0.3) is 5.91 Å². The predicted molar refractivity (Wildman–Crippen MR) is 88.8 cm³/mol.